The van der Waals surface area contributed by atoms with Gasteiger partial charge in [-0.25, -0.2) is 9.82 Å². The lowest BCUT2D eigenvalue weighted by atomic mass is 9.88. The van der Waals surface area contributed by atoms with Crippen molar-refractivity contribution in [1.82, 2.24) is 5.43 Å². The van der Waals surface area contributed by atoms with Crippen LogP contribution < -0.4 is 15.1 Å². The highest BCUT2D eigenvalue weighted by molar-refractivity contribution is 6.32. The molecule has 3 rings (SSSR count). The van der Waals surface area contributed by atoms with Gasteiger partial charge in [0.2, 0.25) is 0 Å². The first-order valence-corrected chi connectivity index (χ1v) is 9.53. The maximum absolute atomic E-state index is 14.6. The normalized spacial score (nSPS) is 15.1. The second-order valence-corrected chi connectivity index (χ2v) is 7.85. The van der Waals surface area contributed by atoms with Crippen LogP contribution in [0.4, 0.5) is 10.1 Å². The highest BCUT2D eigenvalue weighted by Gasteiger charge is 2.29. The molecule has 1 amide bonds. The summed E-state index contributed by atoms with van der Waals surface area (Å²) in [5.74, 6) is -0.480. The van der Waals surface area contributed by atoms with E-state index in [1.165, 1.54) is 12.3 Å². The average Bonchev–Trinajstić information content (AvgIpc) is 2.66. The molecule has 1 aliphatic rings. The Kier molecular flexibility index (Phi) is 5.94. The number of hydrazone groups is 1. The first-order chi connectivity index (χ1) is 13.7. The van der Waals surface area contributed by atoms with Crippen molar-refractivity contribution < 1.29 is 13.9 Å². The lowest BCUT2D eigenvalue weighted by Gasteiger charge is -2.40. The summed E-state index contributed by atoms with van der Waals surface area (Å²) < 4.78 is 19.9. The third-order valence-electron chi connectivity index (χ3n) is 4.92. The molecular weight excluding hydrogens is 393 g/mol. The standard InChI is InChI=1S/C22H23ClFN3O2/c1-14-11-22(2,3)27(4)19-10-18(24)15(9-16(14)19)12-25-26-21(28)13-29-20-8-6-5-7-17(20)23/h5-12H,13H2,1-4H3,(H,26,28)/b25-12+. The predicted octanol–water partition coefficient (Wildman–Crippen LogP) is 4.64. The first-order valence-electron chi connectivity index (χ1n) is 9.15. The van der Waals surface area contributed by atoms with Gasteiger partial charge in [-0.3, -0.25) is 4.79 Å². The molecule has 0 fully saturated rings. The molecule has 2 aromatic carbocycles. The lowest BCUT2D eigenvalue weighted by Crippen LogP contribution is -2.42. The number of nitrogens with one attached hydrogen (secondary N) is 1. The molecule has 0 unspecified atom stereocenters. The molecule has 1 heterocycles. The molecule has 0 saturated heterocycles. The van der Waals surface area contributed by atoms with Crippen molar-refractivity contribution in [3.63, 3.8) is 0 Å². The molecular formula is C22H23ClFN3O2. The smallest absolute Gasteiger partial charge is 0.277 e. The Balaban J connectivity index is 1.68. The Bertz CT molecular complexity index is 1000. The molecule has 0 radical (unpaired) electrons. The van der Waals surface area contributed by atoms with Crippen LogP contribution in [0.15, 0.2) is 47.6 Å². The number of benzene rings is 2. The van der Waals surface area contributed by atoms with Crippen LogP contribution in [-0.4, -0.2) is 31.3 Å². The van der Waals surface area contributed by atoms with Gasteiger partial charge in [0.05, 0.1) is 16.8 Å². The van der Waals surface area contributed by atoms with Gasteiger partial charge in [0, 0.05) is 23.9 Å². The fraction of sp³-hybridized carbons (Fsp3) is 0.273. The van der Waals surface area contributed by atoms with E-state index in [4.69, 9.17) is 16.3 Å². The third-order valence-corrected chi connectivity index (χ3v) is 5.24. The van der Waals surface area contributed by atoms with Crippen LogP contribution in [0.25, 0.3) is 5.57 Å². The van der Waals surface area contributed by atoms with E-state index in [0.29, 0.717) is 10.8 Å². The van der Waals surface area contributed by atoms with E-state index in [2.05, 4.69) is 30.5 Å². The maximum atomic E-state index is 14.6. The SMILES string of the molecule is CC1=CC(C)(C)N(C)c2cc(F)c(/C=N/NC(=O)COc3ccccc3Cl)cc21. The molecule has 0 spiro atoms. The van der Waals surface area contributed by atoms with Crippen LogP contribution in [0.1, 0.15) is 31.9 Å². The van der Waals surface area contributed by atoms with E-state index in [1.54, 1.807) is 30.3 Å². The molecule has 1 aliphatic heterocycles. The van der Waals surface area contributed by atoms with Crippen LogP contribution >= 0.6 is 11.6 Å². The monoisotopic (exact) mass is 415 g/mol. The average molecular weight is 416 g/mol. The minimum Gasteiger partial charge on any atom is -0.482 e. The number of nitrogens with zero attached hydrogens (tertiary/aromatic N) is 2. The van der Waals surface area contributed by atoms with Gasteiger partial charge in [0.15, 0.2) is 6.61 Å². The summed E-state index contributed by atoms with van der Waals surface area (Å²) in [6.07, 6.45) is 3.43. The fourth-order valence-corrected chi connectivity index (χ4v) is 3.39. The highest BCUT2D eigenvalue weighted by Crippen LogP contribution is 2.38. The number of hydrogen-bond donors (Lipinski definition) is 1. The van der Waals surface area contributed by atoms with Gasteiger partial charge in [0.25, 0.3) is 5.91 Å². The van der Waals surface area contributed by atoms with Gasteiger partial charge < -0.3 is 9.64 Å². The lowest BCUT2D eigenvalue weighted by molar-refractivity contribution is -0.123. The summed E-state index contributed by atoms with van der Waals surface area (Å²) in [7, 11) is 1.94. The largest absolute Gasteiger partial charge is 0.482 e. The summed E-state index contributed by atoms with van der Waals surface area (Å²) in [5.41, 5.74) is 5.24. The van der Waals surface area contributed by atoms with Crippen LogP contribution in [0, 0.1) is 5.82 Å². The molecule has 0 saturated carbocycles. The van der Waals surface area contributed by atoms with Crippen molar-refractivity contribution in [2.75, 3.05) is 18.6 Å². The number of allylic oxidation sites excluding steroid dienone is 1. The molecule has 0 bridgehead atoms. The summed E-state index contributed by atoms with van der Waals surface area (Å²) in [6.45, 7) is 5.90. The summed E-state index contributed by atoms with van der Waals surface area (Å²) >= 11 is 5.97. The first kappa shape index (κ1) is 20.9. The zero-order valence-corrected chi connectivity index (χ0v) is 17.5. The Morgan fingerprint density at radius 3 is 2.79 bits per heavy atom. The second-order valence-electron chi connectivity index (χ2n) is 7.44. The number of likely N-dealkylation sites (N-methyl/N-ethyl adjacent to an activating group) is 1. The molecule has 1 N–H and O–H groups in total. The number of carbonyl (C=O) groups excluding carboxylic acids is 1. The molecule has 0 aliphatic carbocycles. The van der Waals surface area contributed by atoms with Crippen LogP contribution in [0.2, 0.25) is 5.02 Å². The number of hydrogen-bond acceptors (Lipinski definition) is 4. The van der Waals surface area contributed by atoms with Crippen LogP contribution in [-0.2, 0) is 4.79 Å². The zero-order chi connectivity index (χ0) is 21.2. The number of ether oxygens (including phenoxy) is 1. The van der Waals surface area contributed by atoms with Crippen molar-refractivity contribution in [2.45, 2.75) is 26.3 Å². The Labute approximate surface area is 174 Å². The van der Waals surface area contributed by atoms with Gasteiger partial charge in [-0.2, -0.15) is 5.10 Å². The quantitative estimate of drug-likeness (QED) is 0.571. The number of fused-ring (bicyclic) bond motifs is 1. The highest BCUT2D eigenvalue weighted by atomic mass is 35.5. The zero-order valence-electron chi connectivity index (χ0n) is 16.8. The number of halogens is 2. The van der Waals surface area contributed by atoms with E-state index >= 15 is 0 Å². The van der Waals surface area contributed by atoms with Crippen LogP contribution in [0.3, 0.4) is 0 Å². The van der Waals surface area contributed by atoms with Gasteiger partial charge in [-0.1, -0.05) is 29.8 Å². The van der Waals surface area contributed by atoms with Crippen molar-refractivity contribution in [1.29, 1.82) is 0 Å². The van der Waals surface area contributed by atoms with Crippen molar-refractivity contribution in [3.05, 3.63) is 64.4 Å². The molecule has 29 heavy (non-hydrogen) atoms. The van der Waals surface area contributed by atoms with Crippen molar-refractivity contribution >= 4 is 35.0 Å². The Morgan fingerprint density at radius 1 is 1.34 bits per heavy atom. The summed E-state index contributed by atoms with van der Waals surface area (Å²) in [4.78, 5) is 13.9. The topological polar surface area (TPSA) is 53.9 Å². The molecule has 0 atom stereocenters. The minimum absolute atomic E-state index is 0.200. The minimum atomic E-state index is -0.475. The van der Waals surface area contributed by atoms with E-state index in [-0.39, 0.29) is 17.7 Å². The molecule has 7 heteroatoms. The van der Waals surface area contributed by atoms with E-state index < -0.39 is 11.7 Å². The number of amides is 1. The molecule has 152 valence electrons. The molecule has 0 aromatic heterocycles. The molecule has 2 aromatic rings. The summed E-state index contributed by atoms with van der Waals surface area (Å²) in [6, 6.07) is 10.1. The van der Waals surface area contributed by atoms with Crippen molar-refractivity contribution in [3.8, 4) is 5.75 Å². The van der Waals surface area contributed by atoms with Gasteiger partial charge in [-0.05, 0) is 50.6 Å². The third kappa shape index (κ3) is 4.59. The van der Waals surface area contributed by atoms with E-state index in [9.17, 15) is 9.18 Å². The fourth-order valence-electron chi connectivity index (χ4n) is 3.20. The number of anilines is 1. The van der Waals surface area contributed by atoms with E-state index in [0.717, 1.165) is 16.8 Å². The van der Waals surface area contributed by atoms with Gasteiger partial charge in [-0.15, -0.1) is 0 Å². The Hall–Kier alpha value is -2.86. The van der Waals surface area contributed by atoms with Gasteiger partial charge >= 0.3 is 0 Å². The van der Waals surface area contributed by atoms with E-state index in [1.807, 2.05) is 18.9 Å². The summed E-state index contributed by atoms with van der Waals surface area (Å²) in [5, 5.41) is 4.26. The van der Waals surface area contributed by atoms with Crippen molar-refractivity contribution in [2.24, 2.45) is 5.10 Å². The van der Waals surface area contributed by atoms with Crippen LogP contribution in [0.5, 0.6) is 5.75 Å². The number of para-hydroxylation sites is 1. The predicted molar refractivity (Wildman–Crippen MR) is 115 cm³/mol. The molecule has 5 nitrogen and oxygen atoms in total. The second kappa shape index (κ2) is 8.25. The number of carbonyl (C=O) groups is 1. The van der Waals surface area contributed by atoms with Gasteiger partial charge in [0.1, 0.15) is 11.6 Å². The Morgan fingerprint density at radius 2 is 2.07 bits per heavy atom. The number of rotatable bonds is 5. The maximum Gasteiger partial charge on any atom is 0.277 e.